The van der Waals surface area contributed by atoms with E-state index < -0.39 is 60.5 Å². The Morgan fingerprint density at radius 2 is 1.51 bits per heavy atom. The van der Waals surface area contributed by atoms with Crippen LogP contribution >= 0.6 is 0 Å². The molecule has 0 bridgehead atoms. The Kier molecular flexibility index (Phi) is 27.6. The minimum atomic E-state index is -1.36. The van der Waals surface area contributed by atoms with Crippen molar-refractivity contribution in [2.75, 3.05) is 65.9 Å². The molecule has 0 spiro atoms. The third-order valence-electron chi connectivity index (χ3n) is 8.63. The first-order chi connectivity index (χ1) is 27.2. The largest absolute Gasteiger partial charge is 0.480 e. The van der Waals surface area contributed by atoms with E-state index in [4.69, 9.17) is 24.7 Å². The molecular formula is C37H62N6O14. The molecule has 1 unspecified atom stereocenters. The number of aliphatic hydroxyl groups excluding tert-OH is 1. The number of aliphatic carboxylic acids is 2. The Hall–Kier alpha value is -4.18. The molecule has 20 nitrogen and oxygen atoms in total. The van der Waals surface area contributed by atoms with Gasteiger partial charge in [0, 0.05) is 63.3 Å². The van der Waals surface area contributed by atoms with Gasteiger partial charge >= 0.3 is 11.9 Å². The second-order valence-corrected chi connectivity index (χ2v) is 13.4. The first-order valence-electron chi connectivity index (χ1n) is 19.3. The molecule has 1 aromatic heterocycles. The van der Waals surface area contributed by atoms with Crippen LogP contribution in [-0.4, -0.2) is 157 Å². The van der Waals surface area contributed by atoms with Crippen molar-refractivity contribution >= 4 is 41.1 Å². The maximum absolute atomic E-state index is 13.1. The maximum atomic E-state index is 13.1. The minimum Gasteiger partial charge on any atom is -0.480 e. The zero-order valence-corrected chi connectivity index (χ0v) is 33.0. The fraction of sp³-hybridized carbons (Fsp3) is 0.730. The van der Waals surface area contributed by atoms with Crippen LogP contribution in [0.2, 0.25) is 0 Å². The summed E-state index contributed by atoms with van der Waals surface area (Å²) in [6.07, 6.45) is 3.91. The summed E-state index contributed by atoms with van der Waals surface area (Å²) in [4.78, 5) is 92.2. The summed E-state index contributed by atoms with van der Waals surface area (Å²) >= 11 is 0. The molecule has 0 aromatic carbocycles. The van der Waals surface area contributed by atoms with Crippen LogP contribution < -0.4 is 21.7 Å². The first kappa shape index (κ1) is 50.8. The van der Waals surface area contributed by atoms with Gasteiger partial charge in [-0.1, -0.05) is 6.42 Å². The number of ether oxygens (including phenoxy) is 4. The van der Waals surface area contributed by atoms with Crippen molar-refractivity contribution in [3.8, 4) is 0 Å². The summed E-state index contributed by atoms with van der Waals surface area (Å²) in [5, 5.41) is 36.2. The van der Waals surface area contributed by atoms with E-state index in [1.165, 1.54) is 13.3 Å². The Morgan fingerprint density at radius 3 is 2.16 bits per heavy atom. The number of aromatic nitrogens is 2. The molecular weight excluding hydrogens is 752 g/mol. The number of hydrogen-bond acceptors (Lipinski definition) is 15. The van der Waals surface area contributed by atoms with Crippen molar-refractivity contribution in [3.63, 3.8) is 0 Å². The van der Waals surface area contributed by atoms with Gasteiger partial charge in [-0.05, 0) is 46.0 Å². The highest BCUT2D eigenvalue weighted by Gasteiger charge is 2.27. The Bertz CT molecular complexity index is 1350. The zero-order valence-electron chi connectivity index (χ0n) is 33.0. The van der Waals surface area contributed by atoms with Crippen LogP contribution in [0.5, 0.6) is 0 Å². The number of ketones is 3. The summed E-state index contributed by atoms with van der Waals surface area (Å²) in [5.74, 6) is -5.01. The van der Waals surface area contributed by atoms with Gasteiger partial charge in [0.25, 0.3) is 0 Å². The van der Waals surface area contributed by atoms with Gasteiger partial charge in [0.2, 0.25) is 11.8 Å². The lowest BCUT2D eigenvalue weighted by Gasteiger charge is -2.20. The average Bonchev–Trinajstić information content (AvgIpc) is 3.67. The molecule has 0 radical (unpaired) electrons. The number of aliphatic hydroxyl groups is 1. The molecule has 1 heterocycles. The third kappa shape index (κ3) is 24.9. The van der Waals surface area contributed by atoms with Crippen molar-refractivity contribution < 1.29 is 67.8 Å². The van der Waals surface area contributed by atoms with Crippen LogP contribution in [0.3, 0.4) is 0 Å². The molecule has 0 aliphatic heterocycles. The second-order valence-electron chi connectivity index (χ2n) is 13.4. The fourth-order valence-electron chi connectivity index (χ4n) is 5.41. The molecule has 0 saturated carbocycles. The molecule has 20 heteroatoms. The van der Waals surface area contributed by atoms with Crippen LogP contribution in [0.1, 0.15) is 77.3 Å². The number of amides is 2. The molecule has 9 N–H and O–H groups in total. The molecule has 1 aromatic rings. The van der Waals surface area contributed by atoms with Gasteiger partial charge in [0.05, 0.1) is 51.4 Å². The minimum absolute atomic E-state index is 0.0146. The molecule has 0 saturated heterocycles. The van der Waals surface area contributed by atoms with Crippen molar-refractivity contribution in [1.82, 2.24) is 25.9 Å². The zero-order chi connectivity index (χ0) is 42.4. The van der Waals surface area contributed by atoms with Gasteiger partial charge in [0.1, 0.15) is 36.9 Å². The monoisotopic (exact) mass is 814 g/mol. The van der Waals surface area contributed by atoms with Gasteiger partial charge < -0.3 is 55.6 Å². The summed E-state index contributed by atoms with van der Waals surface area (Å²) < 4.78 is 20.9. The standard InChI is InChI=1S/C37H62N6O14/c1-3-54-15-17-56-22-28(45)8-6-14-55-16-18-57-23-34(49)43-30(36(50)51)10-12-33(48)40-13-5-4-7-26(32(47)21-41-35(25(2)44)37(52)53)9-11-31(46)29(38)19-27-20-39-24-42-27/h20,24-26,29-30,35,41,44H,3-19,21-23,38H2,1-2H3,(H,39,42)(H,40,48)(H,43,49)(H,50,51)(H,52,53)/t25-,26-,29+,30+,35?/m1/s1. The summed E-state index contributed by atoms with van der Waals surface area (Å²) in [5.41, 5.74) is 6.74. The molecule has 0 fully saturated rings. The number of H-pyrrole nitrogens is 1. The predicted molar refractivity (Wildman–Crippen MR) is 203 cm³/mol. The number of rotatable bonds is 37. The molecule has 2 amide bonds. The molecule has 1 rings (SSSR count). The lowest BCUT2D eigenvalue weighted by Crippen LogP contribution is -2.47. The normalized spacial score (nSPS) is 13.9. The van der Waals surface area contributed by atoms with Crippen molar-refractivity contribution in [1.29, 1.82) is 0 Å². The van der Waals surface area contributed by atoms with E-state index in [2.05, 4.69) is 25.9 Å². The summed E-state index contributed by atoms with van der Waals surface area (Å²) in [7, 11) is 0. The number of unbranched alkanes of at least 4 members (excludes halogenated alkanes) is 1. The van der Waals surface area contributed by atoms with Crippen LogP contribution in [0, 0.1) is 5.92 Å². The van der Waals surface area contributed by atoms with Crippen molar-refractivity contribution in [2.45, 2.75) is 102 Å². The number of carbonyl (C=O) groups excluding carboxylic acids is 5. The summed E-state index contributed by atoms with van der Waals surface area (Å²) in [6, 6.07) is -3.49. The number of imidazole rings is 1. The number of nitrogens with two attached hydrogens (primary N) is 1. The maximum Gasteiger partial charge on any atom is 0.326 e. The van der Waals surface area contributed by atoms with Gasteiger partial charge in [-0.2, -0.15) is 0 Å². The van der Waals surface area contributed by atoms with Gasteiger partial charge in [0.15, 0.2) is 5.78 Å². The molecule has 0 aliphatic carbocycles. The quantitative estimate of drug-likeness (QED) is 0.0386. The molecule has 0 aliphatic rings. The Morgan fingerprint density at radius 1 is 0.807 bits per heavy atom. The van der Waals surface area contributed by atoms with Gasteiger partial charge in [-0.3, -0.25) is 34.1 Å². The highest BCUT2D eigenvalue weighted by molar-refractivity contribution is 5.87. The van der Waals surface area contributed by atoms with Crippen molar-refractivity contribution in [2.24, 2.45) is 11.7 Å². The van der Waals surface area contributed by atoms with Crippen LogP contribution in [-0.2, 0) is 58.9 Å². The predicted octanol–water partition coefficient (Wildman–Crippen LogP) is -0.691. The van der Waals surface area contributed by atoms with E-state index in [0.29, 0.717) is 64.2 Å². The summed E-state index contributed by atoms with van der Waals surface area (Å²) in [6.45, 7) is 4.57. The number of nitrogens with one attached hydrogen (secondary N) is 4. The number of carbonyl (C=O) groups is 7. The van der Waals surface area contributed by atoms with E-state index in [1.54, 1.807) is 6.20 Å². The van der Waals surface area contributed by atoms with E-state index >= 15 is 0 Å². The van der Waals surface area contributed by atoms with Crippen molar-refractivity contribution in [3.05, 3.63) is 18.2 Å². The highest BCUT2D eigenvalue weighted by atomic mass is 16.5. The van der Waals surface area contributed by atoms with Gasteiger partial charge in [-0.25, -0.2) is 9.78 Å². The van der Waals surface area contributed by atoms with Crippen LogP contribution in [0.25, 0.3) is 0 Å². The fourth-order valence-corrected chi connectivity index (χ4v) is 5.41. The van der Waals surface area contributed by atoms with E-state index in [1.807, 2.05) is 6.92 Å². The van der Waals surface area contributed by atoms with E-state index in [9.17, 15) is 48.9 Å². The number of hydrogen-bond donors (Lipinski definition) is 8. The lowest BCUT2D eigenvalue weighted by molar-refractivity contribution is -0.143. The van der Waals surface area contributed by atoms with Crippen LogP contribution in [0.15, 0.2) is 12.5 Å². The number of nitrogens with zero attached hydrogens (tertiary/aromatic N) is 1. The second kappa shape index (κ2) is 30.9. The smallest absolute Gasteiger partial charge is 0.326 e. The van der Waals surface area contributed by atoms with E-state index in [0.717, 1.165) is 0 Å². The topological polar surface area (TPSA) is 308 Å². The first-order valence-corrected chi connectivity index (χ1v) is 19.3. The SMILES string of the molecule is CCOCCOCC(=O)CCCOCCOCC(=O)N[C@@H](CCC(=O)NCCCC[C@H](CCC(=O)[C@@H](N)Cc1cnc[nH]1)C(=O)CNC(C(=O)O)[C@@H](C)O)C(=O)O. The average molecular weight is 815 g/mol. The molecule has 324 valence electrons. The lowest BCUT2D eigenvalue weighted by atomic mass is 9.89. The van der Waals surface area contributed by atoms with E-state index in [-0.39, 0.29) is 82.4 Å². The molecule has 57 heavy (non-hydrogen) atoms. The van der Waals surface area contributed by atoms with Gasteiger partial charge in [-0.15, -0.1) is 0 Å². The third-order valence-corrected chi connectivity index (χ3v) is 8.63. The number of Topliss-reactive ketones (excluding diaryl/α,β-unsaturated/α-hetero) is 3. The highest BCUT2D eigenvalue weighted by Crippen LogP contribution is 2.18. The van der Waals surface area contributed by atoms with Crippen LogP contribution in [0.4, 0.5) is 0 Å². The molecule has 5 atom stereocenters. The Labute approximate surface area is 332 Å². The number of carboxylic acids is 2. The number of carboxylic acid groups (broad SMARTS) is 2. The number of aromatic amines is 1. The Balaban J connectivity index is 2.39.